The molecule has 1 fully saturated rings. The highest BCUT2D eigenvalue weighted by Gasteiger charge is 2.34. The molecule has 0 radical (unpaired) electrons. The maximum absolute atomic E-state index is 11.9. The zero-order valence-corrected chi connectivity index (χ0v) is 10.6. The predicted octanol–water partition coefficient (Wildman–Crippen LogP) is 2.85. The first-order chi connectivity index (χ1) is 8.15. The van der Waals surface area contributed by atoms with E-state index in [0.717, 1.165) is 11.4 Å². The first-order valence-corrected chi connectivity index (χ1v) is 6.08. The van der Waals surface area contributed by atoms with Gasteiger partial charge < -0.3 is 9.64 Å². The maximum atomic E-state index is 11.9. The van der Waals surface area contributed by atoms with Crippen LogP contribution in [0.5, 0.6) is 5.75 Å². The molecule has 92 valence electrons. The summed E-state index contributed by atoms with van der Waals surface area (Å²) in [4.78, 5) is 13.7. The van der Waals surface area contributed by atoms with Crippen LogP contribution in [0, 0.1) is 5.92 Å². The van der Waals surface area contributed by atoms with E-state index in [1.54, 1.807) is 14.0 Å². The molecule has 0 N–H and O–H groups in total. The molecule has 0 spiro atoms. The molecule has 0 aromatic heterocycles. The Bertz CT molecular complexity index is 412. The lowest BCUT2D eigenvalue weighted by atomic mass is 10.1. The van der Waals surface area contributed by atoms with Crippen molar-refractivity contribution in [2.24, 2.45) is 5.92 Å². The highest BCUT2D eigenvalue weighted by atomic mass is 16.5. The highest BCUT2D eigenvalue weighted by Crippen LogP contribution is 2.39. The minimum absolute atomic E-state index is 0.0777. The quantitative estimate of drug-likeness (QED) is 0.800. The Hall–Kier alpha value is -1.51. The normalized spacial score (nSPS) is 16.4. The van der Waals surface area contributed by atoms with Crippen LogP contribution < -0.4 is 9.64 Å². The lowest BCUT2D eigenvalue weighted by Gasteiger charge is -2.29. The summed E-state index contributed by atoms with van der Waals surface area (Å²) in [5, 5.41) is 0. The molecular formula is C14H19NO2. The van der Waals surface area contributed by atoms with Crippen LogP contribution in [-0.2, 0) is 4.79 Å². The molecule has 2 rings (SSSR count). The fourth-order valence-electron chi connectivity index (χ4n) is 2.29. The molecule has 3 nitrogen and oxygen atoms in total. The number of rotatable bonds is 4. The smallest absolute Gasteiger partial charge is 0.224 e. The number of hydrogen-bond donors (Lipinski definition) is 0. The van der Waals surface area contributed by atoms with Crippen LogP contribution in [0.4, 0.5) is 5.69 Å². The number of hydrogen-bond acceptors (Lipinski definition) is 2. The lowest BCUT2D eigenvalue weighted by molar-refractivity contribution is -0.117. The van der Waals surface area contributed by atoms with Gasteiger partial charge in [0, 0.05) is 13.0 Å². The summed E-state index contributed by atoms with van der Waals surface area (Å²) in [6.07, 6.45) is 2.44. The first kappa shape index (κ1) is 12.0. The standard InChI is InChI=1S/C14H19NO2/c1-10(12-8-9-12)15(11(2)16)13-6-4-5-7-14(13)17-3/h4-7,10,12H,8-9H2,1-3H3/t10-/m1/s1. The summed E-state index contributed by atoms with van der Waals surface area (Å²) in [5.74, 6) is 1.48. The van der Waals surface area contributed by atoms with Gasteiger partial charge in [-0.2, -0.15) is 0 Å². The van der Waals surface area contributed by atoms with Gasteiger partial charge in [0.25, 0.3) is 0 Å². The van der Waals surface area contributed by atoms with Crippen LogP contribution >= 0.6 is 0 Å². The van der Waals surface area contributed by atoms with E-state index in [1.165, 1.54) is 12.8 Å². The van der Waals surface area contributed by atoms with E-state index in [1.807, 2.05) is 29.2 Å². The van der Waals surface area contributed by atoms with Gasteiger partial charge in [-0.1, -0.05) is 12.1 Å². The number of amides is 1. The maximum Gasteiger partial charge on any atom is 0.224 e. The van der Waals surface area contributed by atoms with Crippen molar-refractivity contribution >= 4 is 11.6 Å². The number of ether oxygens (including phenoxy) is 1. The molecule has 0 unspecified atom stereocenters. The van der Waals surface area contributed by atoms with E-state index in [-0.39, 0.29) is 11.9 Å². The molecule has 1 aliphatic rings. The van der Waals surface area contributed by atoms with E-state index >= 15 is 0 Å². The molecule has 17 heavy (non-hydrogen) atoms. The molecule has 3 heteroatoms. The van der Waals surface area contributed by atoms with E-state index in [9.17, 15) is 4.79 Å². The largest absolute Gasteiger partial charge is 0.495 e. The number of carbonyl (C=O) groups excluding carboxylic acids is 1. The summed E-state index contributed by atoms with van der Waals surface area (Å²) in [7, 11) is 1.64. The van der Waals surface area contributed by atoms with Crippen LogP contribution in [-0.4, -0.2) is 19.1 Å². The number of methoxy groups -OCH3 is 1. The summed E-state index contributed by atoms with van der Waals surface area (Å²) in [5.41, 5.74) is 0.877. The number of nitrogens with zero attached hydrogens (tertiary/aromatic N) is 1. The topological polar surface area (TPSA) is 29.5 Å². The zero-order valence-electron chi connectivity index (χ0n) is 10.6. The Morgan fingerprint density at radius 2 is 2.06 bits per heavy atom. The van der Waals surface area contributed by atoms with Crippen molar-refractivity contribution < 1.29 is 9.53 Å². The van der Waals surface area contributed by atoms with E-state index in [4.69, 9.17) is 4.74 Å². The third-order valence-corrected chi connectivity index (χ3v) is 3.40. The second-order valence-corrected chi connectivity index (χ2v) is 4.64. The molecule has 0 bridgehead atoms. The average molecular weight is 233 g/mol. The molecule has 1 aromatic carbocycles. The number of para-hydroxylation sites is 2. The van der Waals surface area contributed by atoms with Gasteiger partial charge in [-0.05, 0) is 37.8 Å². The molecule has 1 aromatic rings. The third-order valence-electron chi connectivity index (χ3n) is 3.40. The number of carbonyl (C=O) groups is 1. The van der Waals surface area contributed by atoms with Gasteiger partial charge in [0.2, 0.25) is 5.91 Å². The van der Waals surface area contributed by atoms with Crippen molar-refractivity contribution in [1.29, 1.82) is 0 Å². The van der Waals surface area contributed by atoms with Crippen molar-refractivity contribution in [3.05, 3.63) is 24.3 Å². The molecule has 1 atom stereocenters. The second kappa shape index (κ2) is 4.78. The Kier molecular flexibility index (Phi) is 3.36. The molecule has 0 aliphatic heterocycles. The van der Waals surface area contributed by atoms with Crippen LogP contribution in [0.3, 0.4) is 0 Å². The second-order valence-electron chi connectivity index (χ2n) is 4.64. The summed E-state index contributed by atoms with van der Waals surface area (Å²) >= 11 is 0. The van der Waals surface area contributed by atoms with Gasteiger partial charge in [-0.3, -0.25) is 4.79 Å². The Morgan fingerprint density at radius 1 is 1.41 bits per heavy atom. The zero-order chi connectivity index (χ0) is 12.4. The summed E-state index contributed by atoms with van der Waals surface area (Å²) < 4.78 is 5.33. The molecule has 0 heterocycles. The van der Waals surface area contributed by atoms with Crippen molar-refractivity contribution in [3.63, 3.8) is 0 Å². The monoisotopic (exact) mass is 233 g/mol. The Morgan fingerprint density at radius 3 is 2.59 bits per heavy atom. The van der Waals surface area contributed by atoms with Crippen molar-refractivity contribution in [2.75, 3.05) is 12.0 Å². The van der Waals surface area contributed by atoms with Crippen molar-refractivity contribution in [1.82, 2.24) is 0 Å². The van der Waals surface area contributed by atoms with E-state index in [2.05, 4.69) is 6.92 Å². The van der Waals surface area contributed by atoms with Gasteiger partial charge in [-0.15, -0.1) is 0 Å². The van der Waals surface area contributed by atoms with Gasteiger partial charge in [0.15, 0.2) is 0 Å². The van der Waals surface area contributed by atoms with Gasteiger partial charge in [0.1, 0.15) is 5.75 Å². The van der Waals surface area contributed by atoms with Gasteiger partial charge >= 0.3 is 0 Å². The number of benzene rings is 1. The van der Waals surface area contributed by atoms with E-state index < -0.39 is 0 Å². The average Bonchev–Trinajstić information content (AvgIpc) is 3.13. The van der Waals surface area contributed by atoms with Crippen LogP contribution in [0.1, 0.15) is 26.7 Å². The highest BCUT2D eigenvalue weighted by molar-refractivity contribution is 5.93. The third kappa shape index (κ3) is 2.43. The van der Waals surface area contributed by atoms with Crippen LogP contribution in [0.2, 0.25) is 0 Å². The summed E-state index contributed by atoms with van der Waals surface area (Å²) in [6, 6.07) is 7.95. The molecular weight excluding hydrogens is 214 g/mol. The molecule has 1 aliphatic carbocycles. The summed E-state index contributed by atoms with van der Waals surface area (Å²) in [6.45, 7) is 3.73. The van der Waals surface area contributed by atoms with Crippen LogP contribution in [0.15, 0.2) is 24.3 Å². The van der Waals surface area contributed by atoms with Gasteiger partial charge in [0.05, 0.1) is 12.8 Å². The lowest BCUT2D eigenvalue weighted by Crippen LogP contribution is -2.38. The Balaban J connectivity index is 2.34. The molecule has 1 saturated carbocycles. The molecule has 0 saturated heterocycles. The first-order valence-electron chi connectivity index (χ1n) is 6.08. The predicted molar refractivity (Wildman–Crippen MR) is 68.3 cm³/mol. The minimum Gasteiger partial charge on any atom is -0.495 e. The van der Waals surface area contributed by atoms with E-state index in [0.29, 0.717) is 5.92 Å². The Labute approximate surface area is 102 Å². The van der Waals surface area contributed by atoms with Crippen LogP contribution in [0.25, 0.3) is 0 Å². The SMILES string of the molecule is COc1ccccc1N(C(C)=O)[C@H](C)C1CC1. The number of anilines is 1. The van der Waals surface area contributed by atoms with Crippen molar-refractivity contribution in [2.45, 2.75) is 32.7 Å². The fraction of sp³-hybridized carbons (Fsp3) is 0.500. The van der Waals surface area contributed by atoms with Gasteiger partial charge in [-0.25, -0.2) is 0 Å². The van der Waals surface area contributed by atoms with Crippen molar-refractivity contribution in [3.8, 4) is 5.75 Å². The molecule has 1 amide bonds. The fourth-order valence-corrected chi connectivity index (χ4v) is 2.29. The minimum atomic E-state index is 0.0777.